The Balaban J connectivity index is 1.51. The van der Waals surface area contributed by atoms with Crippen LogP contribution in [0.5, 0.6) is 0 Å². The number of aliphatic hydroxyl groups excluding tert-OH is 2. The number of anilines is 1. The van der Waals surface area contributed by atoms with E-state index in [0.717, 1.165) is 6.42 Å². The lowest BCUT2D eigenvalue weighted by atomic mass is 10.1. The van der Waals surface area contributed by atoms with Gasteiger partial charge in [0.1, 0.15) is 24.6 Å². The molecule has 158 valence electrons. The number of hydrogen-bond acceptors (Lipinski definition) is 9. The fourth-order valence-corrected chi connectivity index (χ4v) is 3.53. The van der Waals surface area contributed by atoms with Crippen molar-refractivity contribution in [3.63, 3.8) is 0 Å². The predicted octanol–water partition coefficient (Wildman–Crippen LogP) is -1.03. The zero-order valence-corrected chi connectivity index (χ0v) is 16.0. The molecule has 0 spiro atoms. The second-order valence-corrected chi connectivity index (χ2v) is 7.04. The van der Waals surface area contributed by atoms with Crippen LogP contribution in [0.25, 0.3) is 11.2 Å². The topological polar surface area (TPSA) is 156 Å². The Bertz CT molecular complexity index is 856. The van der Waals surface area contributed by atoms with E-state index in [1.54, 1.807) is 11.5 Å². The van der Waals surface area contributed by atoms with Gasteiger partial charge in [0, 0.05) is 19.7 Å². The molecule has 0 aromatic carbocycles. The minimum atomic E-state index is -1.21. The number of urea groups is 1. The number of rotatable bonds is 6. The van der Waals surface area contributed by atoms with Gasteiger partial charge in [-0.1, -0.05) is 0 Å². The van der Waals surface area contributed by atoms with E-state index in [1.165, 1.54) is 12.7 Å². The first-order chi connectivity index (χ1) is 14.1. The van der Waals surface area contributed by atoms with Crippen LogP contribution in [0.2, 0.25) is 0 Å². The molecule has 4 rings (SSSR count). The Labute approximate surface area is 166 Å². The molecule has 29 heavy (non-hydrogen) atoms. The number of hydrogen-bond donors (Lipinski definition) is 5. The average Bonchev–Trinajstić information content (AvgIpc) is 3.43. The molecule has 12 heteroatoms. The number of carbonyl (C=O) groups is 1. The van der Waals surface area contributed by atoms with Crippen molar-refractivity contribution in [2.75, 3.05) is 31.6 Å². The molecule has 2 aliphatic heterocycles. The van der Waals surface area contributed by atoms with Crippen molar-refractivity contribution in [1.29, 1.82) is 0 Å². The van der Waals surface area contributed by atoms with Gasteiger partial charge >= 0.3 is 6.03 Å². The molecule has 2 aromatic rings. The van der Waals surface area contributed by atoms with Crippen molar-refractivity contribution in [3.8, 4) is 0 Å². The number of nitrogens with one attached hydrogen (secondary N) is 3. The van der Waals surface area contributed by atoms with Crippen LogP contribution in [0.3, 0.4) is 0 Å². The molecule has 2 amide bonds. The highest BCUT2D eigenvalue weighted by Crippen LogP contribution is 2.32. The molecule has 0 aliphatic carbocycles. The van der Waals surface area contributed by atoms with Gasteiger partial charge in [-0.3, -0.25) is 4.57 Å². The minimum absolute atomic E-state index is 0.0522. The maximum absolute atomic E-state index is 11.6. The summed E-state index contributed by atoms with van der Waals surface area (Å²) >= 11 is 0. The third-order valence-corrected chi connectivity index (χ3v) is 5.04. The van der Waals surface area contributed by atoms with Gasteiger partial charge in [0.05, 0.1) is 19.0 Å². The van der Waals surface area contributed by atoms with Crippen molar-refractivity contribution in [1.82, 2.24) is 30.2 Å². The van der Waals surface area contributed by atoms with Crippen molar-refractivity contribution in [2.45, 2.75) is 43.9 Å². The van der Waals surface area contributed by atoms with Crippen LogP contribution < -0.4 is 16.0 Å². The summed E-state index contributed by atoms with van der Waals surface area (Å²) < 4.78 is 12.8. The highest BCUT2D eigenvalue weighted by molar-refractivity contribution is 5.82. The third kappa shape index (κ3) is 3.96. The average molecular weight is 407 g/mol. The molecule has 0 bridgehead atoms. The van der Waals surface area contributed by atoms with Gasteiger partial charge in [-0.25, -0.2) is 19.7 Å². The number of imidazole rings is 1. The standard InChI is InChI=1S/C17H25N7O5/c1-2-18-17(27)19-5-10-12(25)13(26)16(29-10)24-8-22-11-14(20-7-21-15(11)24)23-9-3-4-28-6-9/h7-10,12-13,16,25-26H,2-6H2,1H3,(H2,18,19,27)(H,20,21,23)/t9-,10-,12-,13-,16?/m1/s1. The fourth-order valence-electron chi connectivity index (χ4n) is 3.53. The SMILES string of the molecule is CCNC(=O)NC[C@H]1OC(n2cnc3c(N[C@@H]4CCOC4)ncnc32)[C@H](O)[C@@H]1O. The largest absolute Gasteiger partial charge is 0.387 e. The third-order valence-electron chi connectivity index (χ3n) is 5.04. The Morgan fingerprint density at radius 3 is 2.90 bits per heavy atom. The van der Waals surface area contributed by atoms with Gasteiger partial charge in [0.25, 0.3) is 0 Å². The van der Waals surface area contributed by atoms with E-state index < -0.39 is 24.5 Å². The fraction of sp³-hybridized carbons (Fsp3) is 0.647. The second kappa shape index (κ2) is 8.45. The maximum atomic E-state index is 11.6. The van der Waals surface area contributed by atoms with Gasteiger partial charge in [-0.05, 0) is 13.3 Å². The van der Waals surface area contributed by atoms with E-state index in [4.69, 9.17) is 9.47 Å². The van der Waals surface area contributed by atoms with Crippen LogP contribution in [0.1, 0.15) is 19.6 Å². The van der Waals surface area contributed by atoms with Gasteiger partial charge < -0.3 is 35.6 Å². The summed E-state index contributed by atoms with van der Waals surface area (Å²) in [4.78, 5) is 24.5. The van der Waals surface area contributed by atoms with Crippen LogP contribution in [-0.2, 0) is 9.47 Å². The lowest BCUT2D eigenvalue weighted by Gasteiger charge is -2.17. The van der Waals surface area contributed by atoms with E-state index in [9.17, 15) is 15.0 Å². The summed E-state index contributed by atoms with van der Waals surface area (Å²) in [6.45, 7) is 3.64. The molecule has 0 saturated carbocycles. The quantitative estimate of drug-likeness (QED) is 0.404. The minimum Gasteiger partial charge on any atom is -0.387 e. The first-order valence-electron chi connectivity index (χ1n) is 9.63. The number of carbonyl (C=O) groups excluding carboxylic acids is 1. The summed E-state index contributed by atoms with van der Waals surface area (Å²) in [6, 6.07) is -0.216. The smallest absolute Gasteiger partial charge is 0.314 e. The van der Waals surface area contributed by atoms with Gasteiger partial charge in [-0.15, -0.1) is 0 Å². The maximum Gasteiger partial charge on any atom is 0.314 e. The summed E-state index contributed by atoms with van der Waals surface area (Å²) in [5.41, 5.74) is 1.00. The molecule has 12 nitrogen and oxygen atoms in total. The molecule has 2 aromatic heterocycles. The van der Waals surface area contributed by atoms with E-state index >= 15 is 0 Å². The van der Waals surface area contributed by atoms with Crippen LogP contribution in [0.15, 0.2) is 12.7 Å². The monoisotopic (exact) mass is 407 g/mol. The Kier molecular flexibility index (Phi) is 5.76. The van der Waals surface area contributed by atoms with E-state index in [-0.39, 0.29) is 18.6 Å². The van der Waals surface area contributed by atoms with Crippen molar-refractivity contribution >= 4 is 23.0 Å². The first-order valence-corrected chi connectivity index (χ1v) is 9.63. The van der Waals surface area contributed by atoms with Crippen LogP contribution in [-0.4, -0.2) is 86.4 Å². The summed E-state index contributed by atoms with van der Waals surface area (Å²) in [5.74, 6) is 0.576. The van der Waals surface area contributed by atoms with Gasteiger partial charge in [0.2, 0.25) is 0 Å². The molecule has 4 heterocycles. The molecular formula is C17H25N7O5. The predicted molar refractivity (Wildman–Crippen MR) is 101 cm³/mol. The molecule has 5 N–H and O–H groups in total. The van der Waals surface area contributed by atoms with Crippen LogP contribution in [0, 0.1) is 0 Å². The highest BCUT2D eigenvalue weighted by atomic mass is 16.6. The molecule has 5 atom stereocenters. The zero-order chi connectivity index (χ0) is 20.4. The number of ether oxygens (including phenoxy) is 2. The molecular weight excluding hydrogens is 382 g/mol. The van der Waals surface area contributed by atoms with Crippen molar-refractivity contribution < 1.29 is 24.5 Å². The Morgan fingerprint density at radius 1 is 1.28 bits per heavy atom. The van der Waals surface area contributed by atoms with E-state index in [1.807, 2.05) is 0 Å². The Hall–Kier alpha value is -2.54. The van der Waals surface area contributed by atoms with Crippen LogP contribution in [0.4, 0.5) is 10.6 Å². The summed E-state index contributed by atoms with van der Waals surface area (Å²) in [6.07, 6.45) is -0.264. The van der Waals surface area contributed by atoms with Gasteiger partial charge in [-0.2, -0.15) is 0 Å². The second-order valence-electron chi connectivity index (χ2n) is 7.04. The summed E-state index contributed by atoms with van der Waals surface area (Å²) in [5, 5.41) is 29.4. The molecule has 1 unspecified atom stereocenters. The van der Waals surface area contributed by atoms with E-state index in [0.29, 0.717) is 36.7 Å². The van der Waals surface area contributed by atoms with Crippen LogP contribution >= 0.6 is 0 Å². The first kappa shape index (κ1) is 19.8. The van der Waals surface area contributed by atoms with Crippen molar-refractivity contribution in [2.24, 2.45) is 0 Å². The zero-order valence-electron chi connectivity index (χ0n) is 16.0. The number of fused-ring (bicyclic) bond motifs is 1. The number of nitrogens with zero attached hydrogens (tertiary/aromatic N) is 4. The molecule has 0 radical (unpaired) electrons. The highest BCUT2D eigenvalue weighted by Gasteiger charge is 2.44. The Morgan fingerprint density at radius 2 is 2.14 bits per heavy atom. The number of aliphatic hydroxyl groups is 2. The number of aromatic nitrogens is 4. The molecule has 2 fully saturated rings. The normalized spacial score (nSPS) is 29.3. The van der Waals surface area contributed by atoms with Gasteiger partial charge in [0.15, 0.2) is 23.2 Å². The molecule has 2 aliphatic rings. The summed E-state index contributed by atoms with van der Waals surface area (Å²) in [7, 11) is 0. The van der Waals surface area contributed by atoms with E-state index in [2.05, 4.69) is 30.9 Å². The van der Waals surface area contributed by atoms with Crippen molar-refractivity contribution in [3.05, 3.63) is 12.7 Å². The number of amides is 2. The lowest BCUT2D eigenvalue weighted by Crippen LogP contribution is -2.43. The lowest BCUT2D eigenvalue weighted by molar-refractivity contribution is -0.0335. The molecule has 2 saturated heterocycles.